The van der Waals surface area contributed by atoms with E-state index in [9.17, 15) is 9.59 Å². The van der Waals surface area contributed by atoms with Gasteiger partial charge in [0.2, 0.25) is 0 Å². The molecule has 0 fully saturated rings. The second-order valence-electron chi connectivity index (χ2n) is 9.94. The van der Waals surface area contributed by atoms with E-state index in [1.165, 1.54) is 23.3 Å². The first-order valence-electron chi connectivity index (χ1n) is 12.0. The van der Waals surface area contributed by atoms with Crippen LogP contribution >= 0.6 is 0 Å². The molecule has 6 nitrogen and oxygen atoms in total. The Kier molecular flexibility index (Phi) is 11.3. The quantitative estimate of drug-likeness (QED) is 0.183. The molecule has 36 heavy (non-hydrogen) atoms. The summed E-state index contributed by atoms with van der Waals surface area (Å²) in [6.45, 7) is 18.3. The highest BCUT2D eigenvalue weighted by atomic mass is 28.4. The van der Waals surface area contributed by atoms with Crippen molar-refractivity contribution in [3.05, 3.63) is 96.1 Å². The van der Waals surface area contributed by atoms with Gasteiger partial charge in [-0.2, -0.15) is 0 Å². The SMILES string of the molecule is C=CC(=O)OCc1cccc(C[Si](C)(C)O[SiH](C)O[Si](C)(C)Cc2cccc(COC(=O)C=C)c2)c1. The van der Waals surface area contributed by atoms with Gasteiger partial charge in [0.15, 0.2) is 16.6 Å². The maximum atomic E-state index is 11.4. The van der Waals surface area contributed by atoms with Crippen molar-refractivity contribution < 1.29 is 27.3 Å². The molecule has 2 rings (SSSR count). The van der Waals surface area contributed by atoms with Crippen molar-refractivity contribution in [3.63, 3.8) is 0 Å². The van der Waals surface area contributed by atoms with Crippen molar-refractivity contribution in [2.45, 2.75) is 58.0 Å². The monoisotopic (exact) mass is 542 g/mol. The largest absolute Gasteiger partial charge is 0.458 e. The minimum Gasteiger partial charge on any atom is -0.458 e. The molecule has 0 amide bonds. The first-order chi connectivity index (χ1) is 16.9. The fraction of sp³-hybridized carbons (Fsp3) is 0.333. The number of benzene rings is 2. The number of hydrogen-bond donors (Lipinski definition) is 0. The van der Waals surface area contributed by atoms with Crippen LogP contribution in [0.25, 0.3) is 0 Å². The zero-order chi connectivity index (χ0) is 26.8. The maximum absolute atomic E-state index is 11.4. The number of ether oxygens (including phenoxy) is 2. The van der Waals surface area contributed by atoms with Crippen LogP contribution in [-0.4, -0.2) is 37.9 Å². The van der Waals surface area contributed by atoms with Crippen LogP contribution in [0.4, 0.5) is 0 Å². The van der Waals surface area contributed by atoms with E-state index in [0.29, 0.717) is 0 Å². The Morgan fingerprint density at radius 2 is 1.11 bits per heavy atom. The number of esters is 2. The third kappa shape index (κ3) is 11.0. The van der Waals surface area contributed by atoms with Crippen molar-refractivity contribution in [2.75, 3.05) is 0 Å². The lowest BCUT2D eigenvalue weighted by atomic mass is 10.1. The van der Waals surface area contributed by atoms with Crippen LogP contribution in [0.1, 0.15) is 22.3 Å². The van der Waals surface area contributed by atoms with Crippen LogP contribution in [0.5, 0.6) is 0 Å². The van der Waals surface area contributed by atoms with E-state index in [-0.39, 0.29) is 13.2 Å². The molecule has 0 saturated carbocycles. The Bertz CT molecular complexity index is 983. The lowest BCUT2D eigenvalue weighted by Crippen LogP contribution is -2.46. The number of rotatable bonds is 14. The summed E-state index contributed by atoms with van der Waals surface area (Å²) >= 11 is 0. The smallest absolute Gasteiger partial charge is 0.330 e. The zero-order valence-electron chi connectivity index (χ0n) is 22.0. The second kappa shape index (κ2) is 13.7. The summed E-state index contributed by atoms with van der Waals surface area (Å²) < 4.78 is 23.5. The molecule has 0 bridgehead atoms. The summed E-state index contributed by atoms with van der Waals surface area (Å²) in [4.78, 5) is 22.7. The van der Waals surface area contributed by atoms with Gasteiger partial charge in [0, 0.05) is 12.2 Å². The van der Waals surface area contributed by atoms with Crippen LogP contribution in [0.2, 0.25) is 32.7 Å². The first-order valence-corrected chi connectivity index (χ1v) is 20.3. The molecule has 0 saturated heterocycles. The molecule has 0 spiro atoms. The molecule has 0 atom stereocenters. The van der Waals surface area contributed by atoms with E-state index in [1.54, 1.807) is 0 Å². The Morgan fingerprint density at radius 1 is 0.750 bits per heavy atom. The summed E-state index contributed by atoms with van der Waals surface area (Å²) in [5.74, 6) is -0.852. The summed E-state index contributed by atoms with van der Waals surface area (Å²) in [7, 11) is -5.92. The van der Waals surface area contributed by atoms with E-state index < -0.39 is 37.9 Å². The van der Waals surface area contributed by atoms with Crippen LogP contribution < -0.4 is 0 Å². The van der Waals surface area contributed by atoms with E-state index in [0.717, 1.165) is 23.2 Å². The molecule has 0 aromatic heterocycles. The molecule has 0 unspecified atom stereocenters. The van der Waals surface area contributed by atoms with Gasteiger partial charge in [-0.25, -0.2) is 9.59 Å². The van der Waals surface area contributed by atoms with Crippen LogP contribution in [-0.2, 0) is 52.6 Å². The average molecular weight is 543 g/mol. The maximum Gasteiger partial charge on any atom is 0.330 e. The molecule has 2 aromatic rings. The van der Waals surface area contributed by atoms with Crippen molar-refractivity contribution in [2.24, 2.45) is 0 Å². The lowest BCUT2D eigenvalue weighted by Gasteiger charge is -2.32. The van der Waals surface area contributed by atoms with Gasteiger partial charge in [0.25, 0.3) is 9.28 Å². The summed E-state index contributed by atoms with van der Waals surface area (Å²) in [5.41, 5.74) is 4.24. The van der Waals surface area contributed by atoms with Crippen LogP contribution in [0.15, 0.2) is 73.8 Å². The molecule has 0 N–H and O–H groups in total. The molecule has 0 heterocycles. The molecule has 0 radical (unpaired) electrons. The van der Waals surface area contributed by atoms with Crippen molar-refractivity contribution in [3.8, 4) is 0 Å². The highest BCUT2D eigenvalue weighted by Gasteiger charge is 2.31. The van der Waals surface area contributed by atoms with Gasteiger partial charge in [-0.15, -0.1) is 0 Å². The Balaban J connectivity index is 1.93. The molecule has 194 valence electrons. The number of hydrogen-bond acceptors (Lipinski definition) is 6. The highest BCUT2D eigenvalue weighted by Crippen LogP contribution is 2.21. The molecule has 0 aliphatic carbocycles. The molecule has 2 aromatic carbocycles. The Hall–Kier alpha value is -2.57. The van der Waals surface area contributed by atoms with Crippen LogP contribution in [0, 0.1) is 0 Å². The first kappa shape index (κ1) is 29.7. The van der Waals surface area contributed by atoms with Gasteiger partial charge in [0.05, 0.1) is 0 Å². The lowest BCUT2D eigenvalue weighted by molar-refractivity contribution is -0.139. The van der Waals surface area contributed by atoms with E-state index in [1.807, 2.05) is 24.3 Å². The van der Waals surface area contributed by atoms with Crippen molar-refractivity contribution >= 4 is 37.9 Å². The summed E-state index contributed by atoms with van der Waals surface area (Å²) in [5, 5.41) is 0. The van der Waals surface area contributed by atoms with E-state index in [4.69, 9.17) is 17.7 Å². The van der Waals surface area contributed by atoms with E-state index >= 15 is 0 Å². The minimum atomic E-state index is -2.03. The average Bonchev–Trinajstić information content (AvgIpc) is 2.79. The van der Waals surface area contributed by atoms with Crippen LogP contribution in [0.3, 0.4) is 0 Å². The number of carbonyl (C=O) groups is 2. The third-order valence-electron chi connectivity index (χ3n) is 5.31. The molecule has 9 heteroatoms. The highest BCUT2D eigenvalue weighted by molar-refractivity contribution is 6.81. The molecular formula is C27H38O6Si3. The minimum absolute atomic E-state index is 0.230. The predicted molar refractivity (Wildman–Crippen MR) is 150 cm³/mol. The summed E-state index contributed by atoms with van der Waals surface area (Å²) in [6.07, 6.45) is 2.34. The van der Waals surface area contributed by atoms with Gasteiger partial charge in [-0.05, 0) is 67.1 Å². The van der Waals surface area contributed by atoms with Gasteiger partial charge < -0.3 is 17.7 Å². The Morgan fingerprint density at radius 3 is 1.47 bits per heavy atom. The number of carbonyl (C=O) groups excluding carboxylic acids is 2. The van der Waals surface area contributed by atoms with Gasteiger partial charge >= 0.3 is 11.9 Å². The zero-order valence-corrected chi connectivity index (χ0v) is 25.2. The predicted octanol–water partition coefficient (Wildman–Crippen LogP) is 5.30. The van der Waals surface area contributed by atoms with Crippen molar-refractivity contribution in [1.29, 1.82) is 0 Å². The third-order valence-corrected chi connectivity index (χ3v) is 15.6. The molecule has 0 aliphatic rings. The molecule has 0 aliphatic heterocycles. The Labute approximate surface area is 219 Å². The van der Waals surface area contributed by atoms with Crippen molar-refractivity contribution in [1.82, 2.24) is 0 Å². The standard InChI is InChI=1S/C27H38O6Si3/c1-8-26(28)30-18-22-12-10-14-24(16-22)20-35(4,5)32-34(3)33-36(6,7)21-25-15-11-13-23(17-25)19-31-27(29)9-2/h8-17,34H,1-2,18-21H2,3-7H3. The second-order valence-corrected chi connectivity index (χ2v) is 20.7. The normalized spacial score (nSPS) is 11.7. The van der Waals surface area contributed by atoms with Gasteiger partial charge in [0.1, 0.15) is 13.2 Å². The van der Waals surface area contributed by atoms with Gasteiger partial charge in [-0.3, -0.25) is 0 Å². The summed E-state index contributed by atoms with van der Waals surface area (Å²) in [6, 6.07) is 17.9. The van der Waals surface area contributed by atoms with Gasteiger partial charge in [-0.1, -0.05) is 61.7 Å². The molecular weight excluding hydrogens is 505 g/mol. The fourth-order valence-corrected chi connectivity index (χ4v) is 15.0. The fourth-order valence-electron chi connectivity index (χ4n) is 4.07. The van der Waals surface area contributed by atoms with E-state index in [2.05, 4.69) is 70.2 Å². The topological polar surface area (TPSA) is 71.1 Å².